The Bertz CT molecular complexity index is 206. The third kappa shape index (κ3) is 10.6. The van der Waals surface area contributed by atoms with E-state index >= 15 is 0 Å². The number of hydrogen-bond acceptors (Lipinski definition) is 4. The summed E-state index contributed by atoms with van der Waals surface area (Å²) in [7, 11) is 0. The lowest BCUT2D eigenvalue weighted by Crippen LogP contribution is -2.29. The van der Waals surface area contributed by atoms with E-state index in [0.29, 0.717) is 12.8 Å². The molecule has 0 radical (unpaired) electrons. The van der Waals surface area contributed by atoms with Gasteiger partial charge in [-0.15, -0.1) is 10.1 Å². The number of rotatable bonds is 8. The van der Waals surface area contributed by atoms with E-state index in [1.807, 2.05) is 13.8 Å². The Balaban J connectivity index is 3.24. The molecule has 0 rings (SSSR count). The minimum absolute atomic E-state index is 0.0280. The van der Waals surface area contributed by atoms with Gasteiger partial charge in [0.1, 0.15) is 0 Å². The highest BCUT2D eigenvalue weighted by atomic mass is 16.9. The zero-order valence-electron chi connectivity index (χ0n) is 9.19. The Morgan fingerprint density at radius 1 is 1.40 bits per heavy atom. The van der Waals surface area contributed by atoms with Gasteiger partial charge in [-0.1, -0.05) is 6.42 Å². The molecule has 0 aliphatic rings. The van der Waals surface area contributed by atoms with E-state index in [1.165, 1.54) is 0 Å². The fourth-order valence-electron chi connectivity index (χ4n) is 1.10. The molecular weight excluding hydrogens is 200 g/mol. The number of hydrogen-bond donors (Lipinski definition) is 1. The van der Waals surface area contributed by atoms with Gasteiger partial charge < -0.3 is 10.2 Å². The van der Waals surface area contributed by atoms with Gasteiger partial charge in [-0.05, 0) is 26.7 Å². The van der Waals surface area contributed by atoms with Crippen molar-refractivity contribution in [2.24, 2.45) is 0 Å². The van der Waals surface area contributed by atoms with Crippen molar-refractivity contribution in [1.82, 2.24) is 5.32 Å². The van der Waals surface area contributed by atoms with Crippen LogP contribution in [0.5, 0.6) is 0 Å². The molecule has 0 heterocycles. The van der Waals surface area contributed by atoms with Crippen LogP contribution in [0.25, 0.3) is 0 Å². The largest absolute Gasteiger partial charge is 0.354 e. The van der Waals surface area contributed by atoms with E-state index in [4.69, 9.17) is 0 Å². The normalized spacial score (nSPS) is 10.1. The van der Waals surface area contributed by atoms with Gasteiger partial charge in [-0.2, -0.15) is 0 Å². The van der Waals surface area contributed by atoms with Gasteiger partial charge in [0.15, 0.2) is 0 Å². The SMILES string of the molecule is CC(C)NC(=O)CCCCCO[N+](=O)[O-]. The molecule has 0 unspecified atom stereocenters. The summed E-state index contributed by atoms with van der Waals surface area (Å²) in [4.78, 5) is 25.1. The van der Waals surface area contributed by atoms with Gasteiger partial charge in [-0.3, -0.25) is 4.79 Å². The zero-order valence-corrected chi connectivity index (χ0v) is 9.19. The van der Waals surface area contributed by atoms with Crippen LogP contribution >= 0.6 is 0 Å². The molecule has 88 valence electrons. The molecule has 0 aromatic rings. The summed E-state index contributed by atoms with van der Waals surface area (Å²) >= 11 is 0. The molecule has 0 bridgehead atoms. The maximum Gasteiger partial charge on any atom is 0.294 e. The molecule has 0 aromatic heterocycles. The molecule has 0 fully saturated rings. The Kier molecular flexibility index (Phi) is 7.31. The van der Waals surface area contributed by atoms with Crippen molar-refractivity contribution in [2.75, 3.05) is 6.61 Å². The summed E-state index contributed by atoms with van der Waals surface area (Å²) in [5.74, 6) is 0.0280. The van der Waals surface area contributed by atoms with E-state index in [2.05, 4.69) is 10.2 Å². The summed E-state index contributed by atoms with van der Waals surface area (Å²) in [6.07, 6.45) is 2.57. The maximum atomic E-state index is 11.1. The second-order valence-corrected chi connectivity index (χ2v) is 3.59. The van der Waals surface area contributed by atoms with Gasteiger partial charge in [0.25, 0.3) is 5.09 Å². The zero-order chi connectivity index (χ0) is 11.7. The molecule has 0 spiro atoms. The first-order valence-corrected chi connectivity index (χ1v) is 5.09. The van der Waals surface area contributed by atoms with Crippen molar-refractivity contribution in [1.29, 1.82) is 0 Å². The number of unbranched alkanes of at least 4 members (excludes halogenated alkanes) is 2. The van der Waals surface area contributed by atoms with Crippen molar-refractivity contribution in [2.45, 2.75) is 45.6 Å². The average molecular weight is 218 g/mol. The standard InChI is InChI=1S/C9H18N2O4/c1-8(2)10-9(12)6-4-3-5-7-15-11(13)14/h8H,3-7H2,1-2H3,(H,10,12). The lowest BCUT2D eigenvalue weighted by molar-refractivity contribution is -0.757. The molecule has 15 heavy (non-hydrogen) atoms. The number of amides is 1. The Morgan fingerprint density at radius 3 is 2.60 bits per heavy atom. The second-order valence-electron chi connectivity index (χ2n) is 3.59. The fraction of sp³-hybridized carbons (Fsp3) is 0.889. The van der Waals surface area contributed by atoms with Crippen LogP contribution in [0.2, 0.25) is 0 Å². The minimum Gasteiger partial charge on any atom is -0.354 e. The van der Waals surface area contributed by atoms with E-state index in [9.17, 15) is 14.9 Å². The van der Waals surface area contributed by atoms with Gasteiger partial charge in [0, 0.05) is 12.5 Å². The molecule has 0 aliphatic heterocycles. The predicted octanol–water partition coefficient (Wildman–Crippen LogP) is 1.28. The monoisotopic (exact) mass is 218 g/mol. The molecule has 1 N–H and O–H groups in total. The van der Waals surface area contributed by atoms with Crippen LogP contribution in [0.1, 0.15) is 39.5 Å². The van der Waals surface area contributed by atoms with Crippen molar-refractivity contribution in [3.05, 3.63) is 10.1 Å². The van der Waals surface area contributed by atoms with Gasteiger partial charge in [-0.25, -0.2) is 0 Å². The van der Waals surface area contributed by atoms with Crippen molar-refractivity contribution < 1.29 is 14.7 Å². The third-order valence-corrected chi connectivity index (χ3v) is 1.69. The summed E-state index contributed by atoms with van der Waals surface area (Å²) in [5, 5.41) is 11.8. The molecule has 6 nitrogen and oxygen atoms in total. The molecule has 1 amide bonds. The van der Waals surface area contributed by atoms with Crippen LogP contribution in [-0.4, -0.2) is 23.6 Å². The topological polar surface area (TPSA) is 81.5 Å². The molecular formula is C9H18N2O4. The van der Waals surface area contributed by atoms with Gasteiger partial charge in [0.05, 0.1) is 6.61 Å². The van der Waals surface area contributed by atoms with E-state index < -0.39 is 5.09 Å². The molecule has 0 aliphatic carbocycles. The predicted molar refractivity (Wildman–Crippen MR) is 54.7 cm³/mol. The molecule has 0 atom stereocenters. The molecule has 0 saturated carbocycles. The number of nitrogens with one attached hydrogen (secondary N) is 1. The van der Waals surface area contributed by atoms with Crippen molar-refractivity contribution in [3.63, 3.8) is 0 Å². The Hall–Kier alpha value is -1.33. The molecule has 0 saturated heterocycles. The van der Waals surface area contributed by atoms with Crippen LogP contribution in [0.15, 0.2) is 0 Å². The highest BCUT2D eigenvalue weighted by Gasteiger charge is 2.02. The minimum atomic E-state index is -0.800. The summed E-state index contributed by atoms with van der Waals surface area (Å²) in [6.45, 7) is 3.92. The van der Waals surface area contributed by atoms with Gasteiger partial charge >= 0.3 is 0 Å². The lowest BCUT2D eigenvalue weighted by atomic mass is 10.2. The fourth-order valence-corrected chi connectivity index (χ4v) is 1.10. The summed E-state index contributed by atoms with van der Waals surface area (Å²) in [5.41, 5.74) is 0. The Labute approximate surface area is 89.1 Å². The number of nitrogens with zero attached hydrogens (tertiary/aromatic N) is 1. The second kappa shape index (κ2) is 8.02. The van der Waals surface area contributed by atoms with Crippen LogP contribution in [0.4, 0.5) is 0 Å². The lowest BCUT2D eigenvalue weighted by Gasteiger charge is -2.07. The van der Waals surface area contributed by atoms with E-state index in [1.54, 1.807) is 0 Å². The van der Waals surface area contributed by atoms with Crippen molar-refractivity contribution >= 4 is 5.91 Å². The first-order valence-electron chi connectivity index (χ1n) is 5.09. The Morgan fingerprint density at radius 2 is 2.07 bits per heavy atom. The smallest absolute Gasteiger partial charge is 0.294 e. The van der Waals surface area contributed by atoms with E-state index in [-0.39, 0.29) is 18.6 Å². The van der Waals surface area contributed by atoms with Crippen LogP contribution in [-0.2, 0) is 9.63 Å². The number of carbonyl (C=O) groups excluding carboxylic acids is 1. The quantitative estimate of drug-likeness (QED) is 0.378. The third-order valence-electron chi connectivity index (χ3n) is 1.69. The maximum absolute atomic E-state index is 11.1. The highest BCUT2D eigenvalue weighted by molar-refractivity contribution is 5.76. The van der Waals surface area contributed by atoms with Crippen LogP contribution < -0.4 is 5.32 Å². The molecule has 0 aromatic carbocycles. The van der Waals surface area contributed by atoms with E-state index in [0.717, 1.165) is 12.8 Å². The van der Waals surface area contributed by atoms with Crippen molar-refractivity contribution in [3.8, 4) is 0 Å². The van der Waals surface area contributed by atoms with Gasteiger partial charge in [0.2, 0.25) is 5.91 Å². The summed E-state index contributed by atoms with van der Waals surface area (Å²) < 4.78 is 0. The first kappa shape index (κ1) is 13.7. The summed E-state index contributed by atoms with van der Waals surface area (Å²) in [6, 6.07) is 0.162. The molecule has 6 heteroatoms. The highest BCUT2D eigenvalue weighted by Crippen LogP contribution is 2.00. The average Bonchev–Trinajstić information content (AvgIpc) is 2.09. The van der Waals surface area contributed by atoms with Crippen LogP contribution in [0, 0.1) is 10.1 Å². The number of carbonyl (C=O) groups is 1. The van der Waals surface area contributed by atoms with Crippen LogP contribution in [0.3, 0.4) is 0 Å². The first-order chi connectivity index (χ1) is 7.02.